The van der Waals surface area contributed by atoms with Gasteiger partial charge >= 0.3 is 0 Å². The third-order valence-electron chi connectivity index (χ3n) is 2.25. The fourth-order valence-electron chi connectivity index (χ4n) is 1.64. The van der Waals surface area contributed by atoms with Crippen molar-refractivity contribution < 1.29 is 4.74 Å². The minimum atomic E-state index is -0.139. The molecular weight excluding hydrogens is 186 g/mol. The van der Waals surface area contributed by atoms with Crippen molar-refractivity contribution in [2.24, 2.45) is 5.73 Å². The molecule has 0 radical (unpaired) electrons. The van der Waals surface area contributed by atoms with Crippen molar-refractivity contribution in [3.05, 3.63) is 35.4 Å². The number of ether oxygens (including phenoxy) is 1. The average molecular weight is 207 g/mol. The predicted molar refractivity (Wildman–Crippen MR) is 64.0 cm³/mol. The predicted octanol–water partition coefficient (Wildman–Crippen LogP) is 2.16. The molecule has 2 N–H and O–H groups in total. The number of hydrogen-bond donors (Lipinski definition) is 1. The van der Waals surface area contributed by atoms with E-state index in [9.17, 15) is 0 Å². The van der Waals surface area contributed by atoms with Crippen molar-refractivity contribution in [1.29, 1.82) is 0 Å². The highest BCUT2D eigenvalue weighted by Crippen LogP contribution is 2.12. The lowest BCUT2D eigenvalue weighted by molar-refractivity contribution is 0.202. The van der Waals surface area contributed by atoms with Gasteiger partial charge in [0.2, 0.25) is 0 Å². The van der Waals surface area contributed by atoms with E-state index in [4.69, 9.17) is 10.5 Å². The Balaban J connectivity index is 2.66. The second-order valence-corrected chi connectivity index (χ2v) is 4.73. The summed E-state index contributed by atoms with van der Waals surface area (Å²) in [4.78, 5) is 0. The van der Waals surface area contributed by atoms with E-state index in [0.29, 0.717) is 0 Å². The Bertz CT molecular complexity index is 302. The lowest BCUT2D eigenvalue weighted by atomic mass is 9.95. The molecule has 0 fully saturated rings. The van der Waals surface area contributed by atoms with E-state index in [1.54, 1.807) is 7.11 Å². The molecule has 2 heteroatoms. The van der Waals surface area contributed by atoms with Crippen molar-refractivity contribution in [2.45, 2.75) is 32.2 Å². The first kappa shape index (κ1) is 12.2. The summed E-state index contributed by atoms with van der Waals surface area (Å²) in [5.74, 6) is 0. The molecule has 0 saturated carbocycles. The summed E-state index contributed by atoms with van der Waals surface area (Å²) in [6.45, 7) is 4.87. The first-order chi connectivity index (χ1) is 7.01. The molecule has 0 aliphatic carbocycles. The van der Waals surface area contributed by atoms with Gasteiger partial charge in [-0.05, 0) is 37.8 Å². The summed E-state index contributed by atoms with van der Waals surface area (Å²) in [5.41, 5.74) is 8.47. The Labute approximate surface area is 92.4 Å². The highest BCUT2D eigenvalue weighted by molar-refractivity contribution is 5.25. The molecule has 0 atom stereocenters. The number of hydrogen-bond acceptors (Lipinski definition) is 2. The molecule has 84 valence electrons. The number of methoxy groups -OCH3 is 1. The van der Waals surface area contributed by atoms with Crippen LogP contribution in [0.15, 0.2) is 24.3 Å². The summed E-state index contributed by atoms with van der Waals surface area (Å²) in [5, 5.41) is 0. The van der Waals surface area contributed by atoms with Gasteiger partial charge in [-0.3, -0.25) is 0 Å². The first-order valence-corrected chi connectivity index (χ1v) is 5.37. The molecule has 0 spiro atoms. The monoisotopic (exact) mass is 207 g/mol. The Hall–Kier alpha value is -0.860. The van der Waals surface area contributed by atoms with E-state index in [1.165, 1.54) is 11.1 Å². The maximum Gasteiger partial charge on any atom is 0.0502 e. The normalized spacial score (nSPS) is 11.7. The zero-order chi connectivity index (χ0) is 11.3. The molecule has 0 amide bonds. The summed E-state index contributed by atoms with van der Waals surface area (Å²) >= 11 is 0. The lowest BCUT2D eigenvalue weighted by Crippen LogP contribution is -2.34. The summed E-state index contributed by atoms with van der Waals surface area (Å²) in [6.07, 6.45) is 1.88. The van der Waals surface area contributed by atoms with Crippen LogP contribution in [0.5, 0.6) is 0 Å². The van der Waals surface area contributed by atoms with E-state index in [-0.39, 0.29) is 5.54 Å². The van der Waals surface area contributed by atoms with E-state index < -0.39 is 0 Å². The van der Waals surface area contributed by atoms with Crippen LogP contribution >= 0.6 is 0 Å². The Morgan fingerprint density at radius 1 is 1.27 bits per heavy atom. The highest BCUT2D eigenvalue weighted by atomic mass is 16.5. The Morgan fingerprint density at radius 3 is 2.53 bits per heavy atom. The van der Waals surface area contributed by atoms with Crippen molar-refractivity contribution >= 4 is 0 Å². The number of benzene rings is 1. The van der Waals surface area contributed by atoms with Crippen LogP contribution in [-0.4, -0.2) is 19.3 Å². The smallest absolute Gasteiger partial charge is 0.0502 e. The van der Waals surface area contributed by atoms with Crippen LogP contribution in [-0.2, 0) is 17.6 Å². The summed E-state index contributed by atoms with van der Waals surface area (Å²) in [6, 6.07) is 8.57. The molecule has 1 rings (SSSR count). The highest BCUT2D eigenvalue weighted by Gasteiger charge is 2.11. The van der Waals surface area contributed by atoms with Gasteiger partial charge in [0.05, 0.1) is 6.61 Å². The maximum atomic E-state index is 5.99. The fraction of sp³-hybridized carbons (Fsp3) is 0.538. The third-order valence-corrected chi connectivity index (χ3v) is 2.25. The molecule has 0 bridgehead atoms. The van der Waals surface area contributed by atoms with Crippen molar-refractivity contribution in [3.63, 3.8) is 0 Å². The van der Waals surface area contributed by atoms with Crippen molar-refractivity contribution in [2.75, 3.05) is 13.7 Å². The summed E-state index contributed by atoms with van der Waals surface area (Å²) in [7, 11) is 1.73. The third kappa shape index (κ3) is 4.96. The molecule has 2 nitrogen and oxygen atoms in total. The molecular formula is C13H21NO. The van der Waals surface area contributed by atoms with Crippen LogP contribution in [0.25, 0.3) is 0 Å². The van der Waals surface area contributed by atoms with Gasteiger partial charge in [0.25, 0.3) is 0 Å². The van der Waals surface area contributed by atoms with Gasteiger partial charge < -0.3 is 10.5 Å². The number of rotatable bonds is 5. The molecule has 0 aliphatic heterocycles. The second kappa shape index (κ2) is 5.29. The van der Waals surface area contributed by atoms with Gasteiger partial charge in [0.15, 0.2) is 0 Å². The van der Waals surface area contributed by atoms with Gasteiger partial charge in [0, 0.05) is 12.6 Å². The maximum absolute atomic E-state index is 5.99. The van der Waals surface area contributed by atoms with Gasteiger partial charge in [-0.2, -0.15) is 0 Å². The molecule has 0 saturated heterocycles. The molecule has 15 heavy (non-hydrogen) atoms. The van der Waals surface area contributed by atoms with Crippen molar-refractivity contribution in [3.8, 4) is 0 Å². The lowest BCUT2D eigenvalue weighted by Gasteiger charge is -2.18. The molecule has 1 aromatic carbocycles. The summed E-state index contributed by atoms with van der Waals surface area (Å²) < 4.78 is 5.06. The van der Waals surface area contributed by atoms with Crippen molar-refractivity contribution in [1.82, 2.24) is 0 Å². The van der Waals surface area contributed by atoms with Crippen LogP contribution in [0.3, 0.4) is 0 Å². The van der Waals surface area contributed by atoms with E-state index in [2.05, 4.69) is 38.1 Å². The van der Waals surface area contributed by atoms with Gasteiger partial charge in [-0.1, -0.05) is 24.3 Å². The topological polar surface area (TPSA) is 35.2 Å². The van der Waals surface area contributed by atoms with Crippen LogP contribution < -0.4 is 5.73 Å². The minimum Gasteiger partial charge on any atom is -0.384 e. The second-order valence-electron chi connectivity index (χ2n) is 4.73. The minimum absolute atomic E-state index is 0.139. The first-order valence-electron chi connectivity index (χ1n) is 5.37. The standard InChI is InChI=1S/C13H21NO/c1-13(2,14)10-12-6-4-5-11(9-12)7-8-15-3/h4-6,9H,7-8,10,14H2,1-3H3. The Kier molecular flexibility index (Phi) is 4.30. The SMILES string of the molecule is COCCc1cccc(CC(C)(C)N)c1. The van der Waals surface area contributed by atoms with E-state index in [1.807, 2.05) is 0 Å². The molecule has 0 aliphatic rings. The van der Waals surface area contributed by atoms with Gasteiger partial charge in [-0.15, -0.1) is 0 Å². The zero-order valence-electron chi connectivity index (χ0n) is 9.92. The molecule has 0 aromatic heterocycles. The van der Waals surface area contributed by atoms with Gasteiger partial charge in [-0.25, -0.2) is 0 Å². The van der Waals surface area contributed by atoms with Gasteiger partial charge in [0.1, 0.15) is 0 Å². The van der Waals surface area contributed by atoms with Crippen LogP contribution in [0, 0.1) is 0 Å². The average Bonchev–Trinajstić information content (AvgIpc) is 2.12. The Morgan fingerprint density at radius 2 is 1.93 bits per heavy atom. The van der Waals surface area contributed by atoms with Crippen LogP contribution in [0.2, 0.25) is 0 Å². The molecule has 0 unspecified atom stereocenters. The number of nitrogens with two attached hydrogens (primary N) is 1. The molecule has 1 aromatic rings. The molecule has 0 heterocycles. The zero-order valence-corrected chi connectivity index (χ0v) is 9.92. The largest absolute Gasteiger partial charge is 0.384 e. The quantitative estimate of drug-likeness (QED) is 0.803. The van der Waals surface area contributed by atoms with Crippen LogP contribution in [0.4, 0.5) is 0 Å². The van der Waals surface area contributed by atoms with E-state index in [0.717, 1.165) is 19.4 Å². The van der Waals surface area contributed by atoms with E-state index >= 15 is 0 Å². The fourth-order valence-corrected chi connectivity index (χ4v) is 1.64. The van der Waals surface area contributed by atoms with Crippen LogP contribution in [0.1, 0.15) is 25.0 Å².